The zero-order valence-electron chi connectivity index (χ0n) is 22.7. The second-order valence-corrected chi connectivity index (χ2v) is 10.6. The molecule has 0 saturated carbocycles. The number of methoxy groups -OCH3 is 1. The number of amides is 2. The van der Waals surface area contributed by atoms with Crippen LogP contribution in [0.2, 0.25) is 0 Å². The average Bonchev–Trinajstić information content (AvgIpc) is 3.29. The third kappa shape index (κ3) is 7.55. The first-order chi connectivity index (χ1) is 18.1. The van der Waals surface area contributed by atoms with E-state index in [0.717, 1.165) is 36.3 Å². The minimum absolute atomic E-state index is 0.0119. The number of nitrogens with zero attached hydrogens (tertiary/aromatic N) is 4. The summed E-state index contributed by atoms with van der Waals surface area (Å²) in [6.07, 6.45) is 8.24. The Labute approximate surface area is 223 Å². The number of pyridine rings is 1. The number of hydrogen-bond acceptors (Lipinski definition) is 7. The SMILES string of the molecule is COc1cncc(C(=O)Nc2cc(CN3CCC[C@H](NC(=O)OC(C)(C)C)C3)cc(-n3cnc(C)c3)c2)c1. The number of aryl methyl sites for hydroxylation is 1. The second-order valence-electron chi connectivity index (χ2n) is 10.6. The van der Waals surface area contributed by atoms with Crippen LogP contribution in [0.4, 0.5) is 10.5 Å². The number of nitrogens with one attached hydrogen (secondary N) is 2. The molecule has 1 fully saturated rings. The zero-order chi connectivity index (χ0) is 27.3. The topological polar surface area (TPSA) is 111 Å². The quantitative estimate of drug-likeness (QED) is 0.477. The largest absolute Gasteiger partial charge is 0.495 e. The van der Waals surface area contributed by atoms with E-state index < -0.39 is 5.60 Å². The Morgan fingerprint density at radius 2 is 1.97 bits per heavy atom. The van der Waals surface area contributed by atoms with Gasteiger partial charge in [-0.15, -0.1) is 0 Å². The Morgan fingerprint density at radius 3 is 2.68 bits per heavy atom. The van der Waals surface area contributed by atoms with Crippen LogP contribution in [0.15, 0.2) is 49.2 Å². The van der Waals surface area contributed by atoms with Gasteiger partial charge in [0.05, 0.1) is 30.9 Å². The lowest BCUT2D eigenvalue weighted by atomic mass is 10.0. The number of piperidine rings is 1. The molecule has 202 valence electrons. The molecule has 0 bridgehead atoms. The van der Waals surface area contributed by atoms with Gasteiger partial charge in [-0.3, -0.25) is 14.7 Å². The van der Waals surface area contributed by atoms with Crippen molar-refractivity contribution in [2.75, 3.05) is 25.5 Å². The van der Waals surface area contributed by atoms with Crippen LogP contribution in [0, 0.1) is 6.92 Å². The number of anilines is 1. The van der Waals surface area contributed by atoms with Gasteiger partial charge in [-0.1, -0.05) is 0 Å². The monoisotopic (exact) mass is 520 g/mol. The molecule has 2 amide bonds. The molecule has 4 rings (SSSR count). The highest BCUT2D eigenvalue weighted by atomic mass is 16.6. The van der Waals surface area contributed by atoms with Crippen molar-refractivity contribution in [3.63, 3.8) is 0 Å². The van der Waals surface area contributed by atoms with Crippen LogP contribution in [0.3, 0.4) is 0 Å². The molecule has 1 atom stereocenters. The van der Waals surface area contributed by atoms with Gasteiger partial charge in [-0.05, 0) is 76.9 Å². The minimum atomic E-state index is -0.535. The highest BCUT2D eigenvalue weighted by Gasteiger charge is 2.24. The summed E-state index contributed by atoms with van der Waals surface area (Å²) >= 11 is 0. The molecule has 1 aromatic carbocycles. The Hall–Kier alpha value is -3.92. The molecule has 1 aliphatic heterocycles. The maximum absolute atomic E-state index is 13.0. The van der Waals surface area contributed by atoms with Crippen LogP contribution >= 0.6 is 0 Å². The summed E-state index contributed by atoms with van der Waals surface area (Å²) in [6.45, 7) is 9.80. The lowest BCUT2D eigenvalue weighted by Crippen LogP contribution is -2.48. The van der Waals surface area contributed by atoms with Crippen molar-refractivity contribution in [1.82, 2.24) is 24.8 Å². The number of benzene rings is 1. The van der Waals surface area contributed by atoms with E-state index in [9.17, 15) is 9.59 Å². The van der Waals surface area contributed by atoms with E-state index in [2.05, 4.69) is 31.6 Å². The maximum Gasteiger partial charge on any atom is 0.407 e. The lowest BCUT2D eigenvalue weighted by molar-refractivity contribution is 0.0470. The number of ether oxygens (including phenoxy) is 2. The van der Waals surface area contributed by atoms with Gasteiger partial charge in [-0.25, -0.2) is 9.78 Å². The Bertz CT molecular complexity index is 1280. The summed E-state index contributed by atoms with van der Waals surface area (Å²) < 4.78 is 12.6. The molecule has 0 aliphatic carbocycles. The second kappa shape index (κ2) is 11.6. The molecule has 2 N–H and O–H groups in total. The summed E-state index contributed by atoms with van der Waals surface area (Å²) in [6, 6.07) is 7.65. The maximum atomic E-state index is 13.0. The van der Waals surface area contributed by atoms with Crippen molar-refractivity contribution in [3.8, 4) is 11.4 Å². The number of carbonyl (C=O) groups is 2. The van der Waals surface area contributed by atoms with E-state index >= 15 is 0 Å². The predicted octanol–water partition coefficient (Wildman–Crippen LogP) is 4.33. The van der Waals surface area contributed by atoms with E-state index in [-0.39, 0.29) is 18.0 Å². The van der Waals surface area contributed by atoms with Crippen molar-refractivity contribution in [3.05, 3.63) is 66.0 Å². The standard InChI is InChI=1S/C28H36N6O4/c1-19-15-34(18-30-19)24-10-20(9-23(12-24)31-26(35)21-11-25(37-5)14-29-13-21)16-33-8-6-7-22(17-33)32-27(36)38-28(2,3)4/h9-15,18,22H,6-8,16-17H2,1-5H3,(H,31,35)(H,32,36)/t22-/m0/s1. The van der Waals surface area contributed by atoms with E-state index in [0.29, 0.717) is 30.1 Å². The van der Waals surface area contributed by atoms with Crippen molar-refractivity contribution < 1.29 is 19.1 Å². The summed E-state index contributed by atoms with van der Waals surface area (Å²) in [5.41, 5.74) is 3.36. The third-order valence-electron chi connectivity index (χ3n) is 6.09. The van der Waals surface area contributed by atoms with Crippen molar-refractivity contribution in [1.29, 1.82) is 0 Å². The lowest BCUT2D eigenvalue weighted by Gasteiger charge is -2.33. The Morgan fingerprint density at radius 1 is 1.16 bits per heavy atom. The van der Waals surface area contributed by atoms with Crippen molar-refractivity contribution >= 4 is 17.7 Å². The van der Waals surface area contributed by atoms with Crippen molar-refractivity contribution in [2.24, 2.45) is 0 Å². The molecule has 2 aromatic heterocycles. The smallest absolute Gasteiger partial charge is 0.407 e. The Balaban J connectivity index is 1.52. The predicted molar refractivity (Wildman–Crippen MR) is 145 cm³/mol. The van der Waals surface area contributed by atoms with Crippen LogP contribution in [0.1, 0.15) is 55.2 Å². The number of carbonyl (C=O) groups excluding carboxylic acids is 2. The molecule has 38 heavy (non-hydrogen) atoms. The first-order valence-electron chi connectivity index (χ1n) is 12.7. The normalized spacial score (nSPS) is 16.1. The Kier molecular flexibility index (Phi) is 8.31. The molecular formula is C28H36N6O4. The van der Waals surface area contributed by atoms with Gasteiger partial charge in [0.15, 0.2) is 0 Å². The van der Waals surface area contributed by atoms with Gasteiger partial charge in [0.25, 0.3) is 5.91 Å². The zero-order valence-corrected chi connectivity index (χ0v) is 22.7. The van der Waals surface area contributed by atoms with Crippen LogP contribution < -0.4 is 15.4 Å². The van der Waals surface area contributed by atoms with Gasteiger partial charge in [0, 0.05) is 42.9 Å². The van der Waals surface area contributed by atoms with Gasteiger partial charge in [0.1, 0.15) is 11.4 Å². The van der Waals surface area contributed by atoms with Gasteiger partial charge >= 0.3 is 6.09 Å². The van der Waals surface area contributed by atoms with Crippen LogP contribution in [0.25, 0.3) is 5.69 Å². The van der Waals surface area contributed by atoms with E-state index in [4.69, 9.17) is 9.47 Å². The highest BCUT2D eigenvalue weighted by molar-refractivity contribution is 6.04. The number of imidazole rings is 1. The van der Waals surface area contributed by atoms with Crippen LogP contribution in [-0.2, 0) is 11.3 Å². The molecular weight excluding hydrogens is 484 g/mol. The van der Waals surface area contributed by atoms with Gasteiger partial charge in [0.2, 0.25) is 0 Å². The van der Waals surface area contributed by atoms with Gasteiger partial charge in [-0.2, -0.15) is 0 Å². The van der Waals surface area contributed by atoms with Crippen LogP contribution in [0.5, 0.6) is 5.75 Å². The van der Waals surface area contributed by atoms with Gasteiger partial charge < -0.3 is 24.7 Å². The molecule has 0 radical (unpaired) electrons. The molecule has 0 unspecified atom stereocenters. The molecule has 3 aromatic rings. The first kappa shape index (κ1) is 27.1. The third-order valence-corrected chi connectivity index (χ3v) is 6.09. The minimum Gasteiger partial charge on any atom is -0.495 e. The summed E-state index contributed by atoms with van der Waals surface area (Å²) in [5.74, 6) is 0.238. The number of likely N-dealkylation sites (tertiary alicyclic amines) is 1. The number of alkyl carbamates (subject to hydrolysis) is 1. The van der Waals surface area contributed by atoms with E-state index in [1.165, 1.54) is 13.3 Å². The van der Waals surface area contributed by atoms with Crippen molar-refractivity contribution in [2.45, 2.75) is 58.7 Å². The molecule has 3 heterocycles. The summed E-state index contributed by atoms with van der Waals surface area (Å²) in [7, 11) is 1.54. The molecule has 1 aliphatic rings. The number of rotatable bonds is 7. The first-order valence-corrected chi connectivity index (χ1v) is 12.7. The van der Waals surface area contributed by atoms with E-state index in [1.807, 2.05) is 50.6 Å². The number of aromatic nitrogens is 3. The highest BCUT2D eigenvalue weighted by Crippen LogP contribution is 2.23. The fourth-order valence-corrected chi connectivity index (χ4v) is 4.46. The molecule has 10 nitrogen and oxygen atoms in total. The summed E-state index contributed by atoms with van der Waals surface area (Å²) in [5, 5.41) is 6.01. The fraction of sp³-hybridized carbons (Fsp3) is 0.429. The fourth-order valence-electron chi connectivity index (χ4n) is 4.46. The molecule has 1 saturated heterocycles. The molecule has 0 spiro atoms. The van der Waals surface area contributed by atoms with E-state index in [1.54, 1.807) is 18.6 Å². The van der Waals surface area contributed by atoms with Crippen LogP contribution in [-0.4, -0.2) is 63.3 Å². The number of hydrogen-bond donors (Lipinski definition) is 2. The summed E-state index contributed by atoms with van der Waals surface area (Å²) in [4.78, 5) is 36.0. The molecule has 10 heteroatoms. The average molecular weight is 521 g/mol.